The van der Waals surface area contributed by atoms with Crippen molar-refractivity contribution in [2.45, 2.75) is 5.92 Å². The molecule has 0 spiro atoms. The molecule has 3 aliphatic heterocycles. The van der Waals surface area contributed by atoms with Gasteiger partial charge in [0.05, 0.1) is 28.5 Å². The van der Waals surface area contributed by atoms with Gasteiger partial charge in [0.1, 0.15) is 13.2 Å². The zero-order valence-electron chi connectivity index (χ0n) is 11.1. The molecule has 0 atom stereocenters. The highest BCUT2D eigenvalue weighted by Crippen LogP contribution is 2.44. The normalized spacial score (nSPS) is 20.6. The summed E-state index contributed by atoms with van der Waals surface area (Å²) in [6.07, 6.45) is 0. The SMILES string of the molecule is O=C1OCC2=C1C(c1ccc(Br)c(Br)c1)C1=C(COC1=O)N2. The molecule has 112 valence electrons. The molecule has 0 saturated carbocycles. The third-order valence-corrected chi connectivity index (χ3v) is 5.82. The van der Waals surface area contributed by atoms with E-state index in [2.05, 4.69) is 37.2 Å². The molecule has 0 amide bonds. The van der Waals surface area contributed by atoms with Crippen LogP contribution in [0.25, 0.3) is 0 Å². The minimum absolute atomic E-state index is 0.202. The number of halogens is 2. The summed E-state index contributed by atoms with van der Waals surface area (Å²) in [6, 6.07) is 5.66. The van der Waals surface area contributed by atoms with Gasteiger partial charge >= 0.3 is 11.9 Å². The van der Waals surface area contributed by atoms with Gasteiger partial charge in [-0.2, -0.15) is 0 Å². The van der Waals surface area contributed by atoms with Gasteiger partial charge in [0.25, 0.3) is 0 Å². The van der Waals surface area contributed by atoms with Crippen LogP contribution in [0.15, 0.2) is 49.7 Å². The molecule has 4 rings (SSSR count). The standard InChI is InChI=1S/C15H9Br2NO4/c16-7-2-1-6(3-8(7)17)11-12-9(4-21-14(12)19)18-10-5-22-15(20)13(10)11/h1-3,11,18H,4-5H2. The van der Waals surface area contributed by atoms with Gasteiger partial charge in [-0.25, -0.2) is 9.59 Å². The number of esters is 2. The topological polar surface area (TPSA) is 64.6 Å². The van der Waals surface area contributed by atoms with Crippen molar-refractivity contribution in [3.63, 3.8) is 0 Å². The first-order valence-corrected chi connectivity index (χ1v) is 8.17. The van der Waals surface area contributed by atoms with E-state index in [0.29, 0.717) is 22.5 Å². The van der Waals surface area contributed by atoms with Gasteiger partial charge in [0.2, 0.25) is 0 Å². The van der Waals surface area contributed by atoms with Gasteiger partial charge in [-0.05, 0) is 49.6 Å². The summed E-state index contributed by atoms with van der Waals surface area (Å²) in [5, 5.41) is 3.11. The molecule has 3 heterocycles. The van der Waals surface area contributed by atoms with E-state index in [1.54, 1.807) is 0 Å². The summed E-state index contributed by atoms with van der Waals surface area (Å²) >= 11 is 6.88. The van der Waals surface area contributed by atoms with Crippen molar-refractivity contribution in [3.05, 3.63) is 55.2 Å². The zero-order chi connectivity index (χ0) is 15.4. The number of hydrogen-bond acceptors (Lipinski definition) is 5. The van der Waals surface area contributed by atoms with Crippen molar-refractivity contribution >= 4 is 43.8 Å². The fourth-order valence-corrected chi connectivity index (χ4v) is 3.62. The van der Waals surface area contributed by atoms with Crippen LogP contribution in [-0.4, -0.2) is 25.2 Å². The Morgan fingerprint density at radius 2 is 1.55 bits per heavy atom. The molecule has 0 unspecified atom stereocenters. The second kappa shape index (κ2) is 4.96. The van der Waals surface area contributed by atoms with Gasteiger partial charge in [-0.3, -0.25) is 0 Å². The summed E-state index contributed by atoms with van der Waals surface area (Å²) < 4.78 is 12.0. The summed E-state index contributed by atoms with van der Waals surface area (Å²) in [4.78, 5) is 24.2. The minimum atomic E-state index is -0.458. The molecule has 0 fully saturated rings. The first-order chi connectivity index (χ1) is 10.6. The van der Waals surface area contributed by atoms with Crippen LogP contribution in [0.3, 0.4) is 0 Å². The summed E-state index contributed by atoms with van der Waals surface area (Å²) in [5.74, 6) is -1.24. The molecule has 5 nitrogen and oxygen atoms in total. The molecule has 3 aliphatic rings. The van der Waals surface area contributed by atoms with Crippen molar-refractivity contribution < 1.29 is 19.1 Å². The van der Waals surface area contributed by atoms with E-state index >= 15 is 0 Å². The molecule has 0 aromatic heterocycles. The second-order valence-electron chi connectivity index (χ2n) is 5.17. The number of cyclic esters (lactones) is 2. The highest BCUT2D eigenvalue weighted by Gasteiger charge is 2.45. The fraction of sp³-hybridized carbons (Fsp3) is 0.200. The van der Waals surface area contributed by atoms with E-state index in [1.807, 2.05) is 18.2 Å². The van der Waals surface area contributed by atoms with Crippen LogP contribution < -0.4 is 5.32 Å². The Morgan fingerprint density at radius 3 is 2.09 bits per heavy atom. The van der Waals surface area contributed by atoms with E-state index < -0.39 is 17.9 Å². The third-order valence-electron chi connectivity index (χ3n) is 3.94. The molecule has 0 bridgehead atoms. The molecule has 1 aromatic rings. The van der Waals surface area contributed by atoms with Crippen LogP contribution in [0.2, 0.25) is 0 Å². The highest BCUT2D eigenvalue weighted by molar-refractivity contribution is 9.13. The van der Waals surface area contributed by atoms with E-state index in [9.17, 15) is 9.59 Å². The van der Waals surface area contributed by atoms with Crippen molar-refractivity contribution in [3.8, 4) is 0 Å². The summed E-state index contributed by atoms with van der Waals surface area (Å²) in [6.45, 7) is 0.403. The number of carbonyl (C=O) groups is 2. The first kappa shape index (κ1) is 14.0. The molecule has 0 aliphatic carbocycles. The molecular formula is C15H9Br2NO4. The summed E-state index contributed by atoms with van der Waals surface area (Å²) in [5.41, 5.74) is 3.25. The Labute approximate surface area is 142 Å². The summed E-state index contributed by atoms with van der Waals surface area (Å²) in [7, 11) is 0. The third kappa shape index (κ3) is 1.95. The Balaban J connectivity index is 1.91. The van der Waals surface area contributed by atoms with Gasteiger partial charge in [-0.15, -0.1) is 0 Å². The van der Waals surface area contributed by atoms with Gasteiger partial charge in [0, 0.05) is 8.95 Å². The van der Waals surface area contributed by atoms with Crippen LogP contribution in [0.1, 0.15) is 11.5 Å². The molecule has 0 radical (unpaired) electrons. The van der Waals surface area contributed by atoms with Gasteiger partial charge < -0.3 is 14.8 Å². The number of dihydropyridines is 1. The predicted molar refractivity (Wildman–Crippen MR) is 83.7 cm³/mol. The average molecular weight is 427 g/mol. The number of benzene rings is 1. The maximum Gasteiger partial charge on any atom is 0.337 e. The van der Waals surface area contributed by atoms with Crippen molar-refractivity contribution in [1.82, 2.24) is 5.32 Å². The number of ether oxygens (including phenoxy) is 2. The Hall–Kier alpha value is -1.60. The lowest BCUT2D eigenvalue weighted by Gasteiger charge is -2.24. The maximum absolute atomic E-state index is 12.1. The fourth-order valence-electron chi connectivity index (χ4n) is 2.98. The number of rotatable bonds is 1. The molecular weight excluding hydrogens is 418 g/mol. The number of hydrogen-bond donors (Lipinski definition) is 1. The molecule has 0 saturated heterocycles. The van der Waals surface area contributed by atoms with Crippen molar-refractivity contribution in [2.75, 3.05) is 13.2 Å². The van der Waals surface area contributed by atoms with Gasteiger partial charge in [0.15, 0.2) is 0 Å². The smallest absolute Gasteiger partial charge is 0.337 e. The monoisotopic (exact) mass is 425 g/mol. The maximum atomic E-state index is 12.1. The Morgan fingerprint density at radius 1 is 0.955 bits per heavy atom. The molecule has 1 N–H and O–H groups in total. The lowest BCUT2D eigenvalue weighted by atomic mass is 9.81. The van der Waals surface area contributed by atoms with Crippen LogP contribution >= 0.6 is 31.9 Å². The largest absolute Gasteiger partial charge is 0.456 e. The first-order valence-electron chi connectivity index (χ1n) is 6.58. The molecule has 1 aromatic carbocycles. The Kier molecular flexibility index (Phi) is 3.16. The number of carbonyl (C=O) groups excluding carboxylic acids is 2. The lowest BCUT2D eigenvalue weighted by Crippen LogP contribution is -2.27. The Bertz CT molecular complexity index is 757. The highest BCUT2D eigenvalue weighted by atomic mass is 79.9. The van der Waals surface area contributed by atoms with E-state index in [-0.39, 0.29) is 13.2 Å². The van der Waals surface area contributed by atoms with Crippen LogP contribution in [0.4, 0.5) is 0 Å². The van der Waals surface area contributed by atoms with E-state index in [0.717, 1.165) is 14.5 Å². The minimum Gasteiger partial charge on any atom is -0.456 e. The lowest BCUT2D eigenvalue weighted by molar-refractivity contribution is -0.136. The van der Waals surface area contributed by atoms with E-state index in [4.69, 9.17) is 9.47 Å². The van der Waals surface area contributed by atoms with Crippen LogP contribution in [-0.2, 0) is 19.1 Å². The number of nitrogens with one attached hydrogen (secondary N) is 1. The van der Waals surface area contributed by atoms with Crippen LogP contribution in [0.5, 0.6) is 0 Å². The average Bonchev–Trinajstić information content (AvgIpc) is 3.05. The quantitative estimate of drug-likeness (QED) is 0.699. The van der Waals surface area contributed by atoms with E-state index in [1.165, 1.54) is 0 Å². The van der Waals surface area contributed by atoms with Gasteiger partial charge in [-0.1, -0.05) is 6.07 Å². The van der Waals surface area contributed by atoms with Crippen molar-refractivity contribution in [1.29, 1.82) is 0 Å². The zero-order valence-corrected chi connectivity index (χ0v) is 14.3. The molecule has 7 heteroatoms. The molecule has 22 heavy (non-hydrogen) atoms. The van der Waals surface area contributed by atoms with Crippen molar-refractivity contribution in [2.24, 2.45) is 0 Å². The second-order valence-corrected chi connectivity index (χ2v) is 6.88. The predicted octanol–water partition coefficient (Wildman–Crippen LogP) is 2.52. The van der Waals surface area contributed by atoms with Crippen LogP contribution in [0, 0.1) is 0 Å².